The molecule has 1 aliphatic rings. The molecule has 7 nitrogen and oxygen atoms in total. The number of hydrogen-bond donors (Lipinski definition) is 2. The summed E-state index contributed by atoms with van der Waals surface area (Å²) in [6.07, 6.45) is 2.10. The molecule has 0 aliphatic carbocycles. The lowest BCUT2D eigenvalue weighted by Gasteiger charge is -2.30. The Labute approximate surface area is 137 Å². The van der Waals surface area contributed by atoms with Gasteiger partial charge in [-0.15, -0.1) is 0 Å². The SMILES string of the molecule is CCC[C@@H](CN1CC(C(=O)OC)CC1C(=O)O)C(C)NC(C)=O. The van der Waals surface area contributed by atoms with Gasteiger partial charge in [0.05, 0.1) is 13.0 Å². The van der Waals surface area contributed by atoms with Crippen LogP contribution in [0.2, 0.25) is 0 Å². The van der Waals surface area contributed by atoms with Gasteiger partial charge in [0.1, 0.15) is 6.04 Å². The van der Waals surface area contributed by atoms with Gasteiger partial charge in [-0.2, -0.15) is 0 Å². The lowest BCUT2D eigenvalue weighted by molar-refractivity contribution is -0.145. The maximum Gasteiger partial charge on any atom is 0.320 e. The van der Waals surface area contributed by atoms with Gasteiger partial charge in [0, 0.05) is 26.1 Å². The maximum absolute atomic E-state index is 11.7. The van der Waals surface area contributed by atoms with E-state index >= 15 is 0 Å². The number of likely N-dealkylation sites (tertiary alicyclic amines) is 1. The molecular formula is C16H28N2O5. The molecule has 23 heavy (non-hydrogen) atoms. The van der Waals surface area contributed by atoms with E-state index in [1.54, 1.807) is 0 Å². The van der Waals surface area contributed by atoms with Crippen LogP contribution in [0.15, 0.2) is 0 Å². The number of aliphatic carboxylic acids is 1. The highest BCUT2D eigenvalue weighted by Crippen LogP contribution is 2.27. The Hall–Kier alpha value is -1.63. The number of rotatable bonds is 8. The summed E-state index contributed by atoms with van der Waals surface area (Å²) >= 11 is 0. The third-order valence-electron chi connectivity index (χ3n) is 4.49. The molecule has 0 bridgehead atoms. The number of amides is 1. The quantitative estimate of drug-likeness (QED) is 0.642. The summed E-state index contributed by atoms with van der Waals surface area (Å²) in [4.78, 5) is 36.3. The molecule has 4 atom stereocenters. The van der Waals surface area contributed by atoms with Crippen molar-refractivity contribution < 1.29 is 24.2 Å². The fraction of sp³-hybridized carbons (Fsp3) is 0.812. The molecule has 1 rings (SSSR count). The van der Waals surface area contributed by atoms with Gasteiger partial charge in [0.15, 0.2) is 0 Å². The van der Waals surface area contributed by atoms with Crippen LogP contribution in [-0.4, -0.2) is 60.1 Å². The van der Waals surface area contributed by atoms with Crippen molar-refractivity contribution in [1.82, 2.24) is 10.2 Å². The van der Waals surface area contributed by atoms with Crippen molar-refractivity contribution in [2.45, 2.75) is 52.1 Å². The number of carboxylic acids is 1. The van der Waals surface area contributed by atoms with E-state index in [0.717, 1.165) is 12.8 Å². The summed E-state index contributed by atoms with van der Waals surface area (Å²) < 4.78 is 4.75. The molecule has 3 unspecified atom stereocenters. The Morgan fingerprint density at radius 2 is 2.04 bits per heavy atom. The number of esters is 1. The van der Waals surface area contributed by atoms with E-state index in [4.69, 9.17) is 4.74 Å². The Morgan fingerprint density at radius 1 is 1.39 bits per heavy atom. The second kappa shape index (κ2) is 8.86. The number of hydrogen-bond acceptors (Lipinski definition) is 5. The summed E-state index contributed by atoms with van der Waals surface area (Å²) in [6.45, 7) is 6.40. The van der Waals surface area contributed by atoms with Crippen molar-refractivity contribution in [3.63, 3.8) is 0 Å². The lowest BCUT2D eigenvalue weighted by Crippen LogP contribution is -2.45. The fourth-order valence-electron chi connectivity index (χ4n) is 3.31. The minimum Gasteiger partial charge on any atom is -0.480 e. The molecule has 132 valence electrons. The summed E-state index contributed by atoms with van der Waals surface area (Å²) in [5.41, 5.74) is 0. The predicted octanol–water partition coefficient (Wildman–Crippen LogP) is 0.875. The Kier molecular flexibility index (Phi) is 7.48. The summed E-state index contributed by atoms with van der Waals surface area (Å²) in [5.74, 6) is -1.64. The first-order valence-corrected chi connectivity index (χ1v) is 8.11. The van der Waals surface area contributed by atoms with Gasteiger partial charge in [-0.25, -0.2) is 0 Å². The van der Waals surface area contributed by atoms with E-state index in [1.165, 1.54) is 14.0 Å². The van der Waals surface area contributed by atoms with Gasteiger partial charge in [0.25, 0.3) is 0 Å². The van der Waals surface area contributed by atoms with Crippen LogP contribution < -0.4 is 5.32 Å². The van der Waals surface area contributed by atoms with Gasteiger partial charge >= 0.3 is 11.9 Å². The zero-order chi connectivity index (χ0) is 17.6. The highest BCUT2D eigenvalue weighted by Gasteiger charge is 2.41. The number of ether oxygens (including phenoxy) is 1. The molecule has 0 aromatic heterocycles. The van der Waals surface area contributed by atoms with Crippen LogP contribution in [0.3, 0.4) is 0 Å². The number of carbonyl (C=O) groups is 3. The average molecular weight is 328 g/mol. The molecule has 1 heterocycles. The van der Waals surface area contributed by atoms with Crippen LogP contribution in [0.5, 0.6) is 0 Å². The molecule has 7 heteroatoms. The Morgan fingerprint density at radius 3 is 2.52 bits per heavy atom. The summed E-state index contributed by atoms with van der Waals surface area (Å²) in [5, 5.41) is 12.3. The third kappa shape index (κ3) is 5.49. The van der Waals surface area contributed by atoms with E-state index in [1.807, 2.05) is 11.8 Å². The molecule has 1 aliphatic heterocycles. The molecule has 1 amide bonds. The van der Waals surface area contributed by atoms with Crippen LogP contribution in [-0.2, 0) is 19.1 Å². The van der Waals surface area contributed by atoms with E-state index < -0.39 is 17.9 Å². The average Bonchev–Trinajstić information content (AvgIpc) is 2.89. The summed E-state index contributed by atoms with van der Waals surface area (Å²) in [6, 6.07) is -0.720. The number of nitrogens with zero attached hydrogens (tertiary/aromatic N) is 1. The largest absolute Gasteiger partial charge is 0.480 e. The van der Waals surface area contributed by atoms with E-state index in [-0.39, 0.29) is 30.3 Å². The normalized spacial score (nSPS) is 24.0. The first-order valence-electron chi connectivity index (χ1n) is 8.11. The van der Waals surface area contributed by atoms with Crippen LogP contribution in [0.1, 0.15) is 40.0 Å². The van der Waals surface area contributed by atoms with E-state index in [0.29, 0.717) is 13.1 Å². The number of nitrogens with one attached hydrogen (secondary N) is 1. The number of methoxy groups -OCH3 is 1. The molecule has 0 aromatic rings. The van der Waals surface area contributed by atoms with Crippen LogP contribution in [0.4, 0.5) is 0 Å². The molecule has 0 spiro atoms. The van der Waals surface area contributed by atoms with Gasteiger partial charge in [-0.1, -0.05) is 13.3 Å². The van der Waals surface area contributed by atoms with Crippen molar-refractivity contribution >= 4 is 17.8 Å². The standard InChI is InChI=1S/C16H28N2O5/c1-5-6-12(10(2)17-11(3)19)8-18-9-13(16(22)23-4)7-14(18)15(20)21/h10,12-14H,5-9H2,1-4H3,(H,17,19)(H,20,21)/t10?,12-,13?,14?/m0/s1. The van der Waals surface area contributed by atoms with Crippen molar-refractivity contribution in [2.75, 3.05) is 20.2 Å². The maximum atomic E-state index is 11.7. The molecular weight excluding hydrogens is 300 g/mol. The van der Waals surface area contributed by atoms with Crippen molar-refractivity contribution in [2.24, 2.45) is 11.8 Å². The number of carbonyl (C=O) groups excluding carboxylic acids is 2. The van der Waals surface area contributed by atoms with Crippen molar-refractivity contribution in [3.05, 3.63) is 0 Å². The predicted molar refractivity (Wildman–Crippen MR) is 84.8 cm³/mol. The van der Waals surface area contributed by atoms with E-state index in [9.17, 15) is 19.5 Å². The van der Waals surface area contributed by atoms with Gasteiger partial charge in [-0.05, 0) is 25.7 Å². The minimum atomic E-state index is -0.918. The molecule has 0 saturated carbocycles. The number of carboxylic acid groups (broad SMARTS) is 1. The lowest BCUT2D eigenvalue weighted by atomic mass is 9.95. The van der Waals surface area contributed by atoms with Crippen LogP contribution in [0.25, 0.3) is 0 Å². The zero-order valence-corrected chi connectivity index (χ0v) is 14.4. The molecule has 1 saturated heterocycles. The molecule has 0 radical (unpaired) electrons. The highest BCUT2D eigenvalue weighted by molar-refractivity contribution is 5.78. The van der Waals surface area contributed by atoms with Crippen molar-refractivity contribution in [1.29, 1.82) is 0 Å². The third-order valence-corrected chi connectivity index (χ3v) is 4.49. The van der Waals surface area contributed by atoms with Crippen LogP contribution >= 0.6 is 0 Å². The smallest absolute Gasteiger partial charge is 0.320 e. The fourth-order valence-corrected chi connectivity index (χ4v) is 3.31. The highest BCUT2D eigenvalue weighted by atomic mass is 16.5. The second-order valence-corrected chi connectivity index (χ2v) is 6.30. The zero-order valence-electron chi connectivity index (χ0n) is 14.4. The van der Waals surface area contributed by atoms with Gasteiger partial charge in [-0.3, -0.25) is 19.3 Å². The monoisotopic (exact) mass is 328 g/mol. The topological polar surface area (TPSA) is 95.9 Å². The van der Waals surface area contributed by atoms with Crippen LogP contribution in [0, 0.1) is 11.8 Å². The van der Waals surface area contributed by atoms with Gasteiger partial charge < -0.3 is 15.2 Å². The first kappa shape index (κ1) is 19.4. The second-order valence-electron chi connectivity index (χ2n) is 6.30. The first-order chi connectivity index (χ1) is 10.8. The molecule has 2 N–H and O–H groups in total. The minimum absolute atomic E-state index is 0.0425. The Bertz CT molecular complexity index is 440. The molecule has 0 aromatic carbocycles. The summed E-state index contributed by atoms with van der Waals surface area (Å²) in [7, 11) is 1.32. The molecule has 1 fully saturated rings. The van der Waals surface area contributed by atoms with Crippen molar-refractivity contribution in [3.8, 4) is 0 Å². The Balaban J connectivity index is 2.80. The van der Waals surface area contributed by atoms with Gasteiger partial charge in [0.2, 0.25) is 5.91 Å². The van der Waals surface area contributed by atoms with E-state index in [2.05, 4.69) is 12.2 Å².